The molecule has 0 bridgehead atoms. The van der Waals surface area contributed by atoms with Crippen molar-refractivity contribution in [3.63, 3.8) is 0 Å². The van der Waals surface area contributed by atoms with Crippen LogP contribution in [0.1, 0.15) is 13.3 Å². The second-order valence-corrected chi connectivity index (χ2v) is 37.2. The Labute approximate surface area is 320 Å². The van der Waals surface area contributed by atoms with Crippen LogP contribution in [0.5, 0.6) is 0 Å². The van der Waals surface area contributed by atoms with Crippen molar-refractivity contribution in [1.29, 1.82) is 0 Å². The van der Waals surface area contributed by atoms with Crippen LogP contribution in [0, 0.1) is 0 Å². The van der Waals surface area contributed by atoms with Crippen LogP contribution < -0.4 is 10.2 Å². The Morgan fingerprint density at radius 1 is 0.604 bits per heavy atom. The first kappa shape index (κ1) is 36.0. The lowest BCUT2D eigenvalue weighted by Crippen LogP contribution is -2.42. The third kappa shape index (κ3) is 8.21. The van der Waals surface area contributed by atoms with Crippen molar-refractivity contribution in [3.05, 3.63) is 151 Å². The maximum absolute atomic E-state index is 12.8. The molecule has 0 aromatic heterocycles. The molecule has 5 aromatic rings. The lowest BCUT2D eigenvalue weighted by molar-refractivity contribution is 0.568. The summed E-state index contributed by atoms with van der Waals surface area (Å²) in [5.41, 5.74) is 8.63. The molecule has 5 aromatic carbocycles. The minimum absolute atomic E-state index is 0.425. The van der Waals surface area contributed by atoms with Crippen molar-refractivity contribution in [2.45, 2.75) is 18.9 Å². The molecule has 5 unspecified atom stereocenters. The van der Waals surface area contributed by atoms with Crippen molar-refractivity contribution in [3.8, 4) is 33.4 Å². The summed E-state index contributed by atoms with van der Waals surface area (Å²) in [7, 11) is 0. The van der Waals surface area contributed by atoms with Crippen LogP contribution >= 0.6 is 55.6 Å². The first-order chi connectivity index (χ1) is 23.1. The molecule has 244 valence electrons. The maximum atomic E-state index is 12.8. The summed E-state index contributed by atoms with van der Waals surface area (Å²) in [4.78, 5) is 2.30. The molecule has 1 aliphatic carbocycles. The van der Waals surface area contributed by atoms with Crippen LogP contribution in [0.3, 0.4) is 0 Å². The van der Waals surface area contributed by atoms with E-state index in [1.165, 1.54) is 22.3 Å². The highest BCUT2D eigenvalue weighted by Gasteiger charge is 2.32. The van der Waals surface area contributed by atoms with Gasteiger partial charge >= 0.3 is 0 Å². The van der Waals surface area contributed by atoms with Crippen LogP contribution in [-0.2, 0) is 43.1 Å². The van der Waals surface area contributed by atoms with E-state index in [0.29, 0.717) is 6.42 Å². The lowest BCUT2D eigenvalue weighted by Gasteiger charge is -2.42. The Morgan fingerprint density at radius 2 is 1.00 bits per heavy atom. The molecule has 1 aliphatic rings. The Morgan fingerprint density at radius 3 is 1.40 bits per heavy atom. The third-order valence-electron chi connectivity index (χ3n) is 8.35. The number of rotatable bonds is 8. The van der Waals surface area contributed by atoms with E-state index < -0.39 is 30.3 Å². The second kappa shape index (κ2) is 16.0. The summed E-state index contributed by atoms with van der Waals surface area (Å²) in [5.74, 6) is -1.99. The minimum atomic E-state index is -1.59. The van der Waals surface area contributed by atoms with Gasteiger partial charge in [-0.2, -0.15) is 0 Å². The van der Waals surface area contributed by atoms with Crippen LogP contribution in [0.15, 0.2) is 151 Å². The molecule has 48 heavy (non-hydrogen) atoms. The Kier molecular flexibility index (Phi) is 12.0. The Bertz CT molecular complexity index is 2300. The summed E-state index contributed by atoms with van der Waals surface area (Å²) in [6.07, 6.45) is 6.86. The molecule has 0 N–H and O–H groups in total. The molecule has 5 atom stereocenters. The first-order valence-corrected chi connectivity index (χ1v) is 29.2. The van der Waals surface area contributed by atoms with E-state index in [-0.39, 0.29) is 0 Å². The number of hydrogen-bond acceptors (Lipinski definition) is 5. The maximum Gasteiger partial charge on any atom is 0.166 e. The van der Waals surface area contributed by atoms with E-state index in [1.54, 1.807) is 0 Å². The zero-order valence-electron chi connectivity index (χ0n) is 25.7. The van der Waals surface area contributed by atoms with Crippen molar-refractivity contribution < 1.29 is 9.13 Å². The molecule has 6 rings (SSSR count). The number of anilines is 2. The van der Waals surface area contributed by atoms with E-state index in [0.717, 1.165) is 33.1 Å². The summed E-state index contributed by atoms with van der Waals surface area (Å²) >= 11 is 14.9. The zero-order valence-corrected chi connectivity index (χ0v) is 35.2. The van der Waals surface area contributed by atoms with E-state index in [9.17, 15) is 9.13 Å². The van der Waals surface area contributed by atoms with Gasteiger partial charge in [0.2, 0.25) is 0 Å². The molecule has 0 fully saturated rings. The molecule has 0 aliphatic heterocycles. The van der Waals surface area contributed by atoms with Gasteiger partial charge in [0.05, 0.1) is 5.54 Å². The van der Waals surface area contributed by atoms with Crippen LogP contribution in [-0.4, -0.2) is 5.54 Å². The van der Waals surface area contributed by atoms with Gasteiger partial charge in [0.25, 0.3) is 0 Å². The predicted octanol–water partition coefficient (Wildman–Crippen LogP) is 11.9. The predicted molar refractivity (Wildman–Crippen MR) is 237 cm³/mol. The van der Waals surface area contributed by atoms with E-state index in [4.69, 9.17) is 22.4 Å². The molecule has 0 amide bonds. The summed E-state index contributed by atoms with van der Waals surface area (Å²) in [6, 6.07) is 44.4. The monoisotopic (exact) mass is 965 g/mol. The highest BCUT2D eigenvalue weighted by molar-refractivity contribution is 14.2. The van der Waals surface area contributed by atoms with Crippen molar-refractivity contribution >= 4 is 106 Å². The number of halogens is 2. The van der Waals surface area contributed by atoms with Crippen molar-refractivity contribution in [2.24, 2.45) is 0 Å². The molecule has 11 heteroatoms. The van der Waals surface area contributed by atoms with Gasteiger partial charge in [-0.3, -0.25) is 9.13 Å². The highest BCUT2D eigenvalue weighted by Crippen LogP contribution is 2.42. The molecule has 0 spiro atoms. The van der Waals surface area contributed by atoms with Gasteiger partial charge in [-0.15, -0.1) is 0 Å². The summed E-state index contributed by atoms with van der Waals surface area (Å²) in [5, 5.41) is 1.61. The molecular weight excluding hydrogens is 934 g/mol. The molecule has 0 saturated carbocycles. The largest absolute Gasteiger partial charge is 0.332 e. The van der Waals surface area contributed by atoms with E-state index in [1.807, 2.05) is 36.4 Å². The number of hydrogen-bond donors (Lipinski definition) is 2. The van der Waals surface area contributed by atoms with Gasteiger partial charge in [-0.05, 0) is 166 Å². The average molecular weight is 966 g/mol. The molecule has 3 nitrogen and oxygen atoms in total. The molecule has 0 radical (unpaired) electrons. The lowest BCUT2D eigenvalue weighted by atomic mass is 9.89. The Hall–Kier alpha value is -1.82. The first-order valence-electron chi connectivity index (χ1n) is 15.0. The fourth-order valence-corrected chi connectivity index (χ4v) is 15.1. The number of allylic oxidation sites excluding steroid dienone is 2. The summed E-state index contributed by atoms with van der Waals surface area (Å²) in [6.45, 7) is -0.981. The molecule has 0 heterocycles. The highest BCUT2D eigenvalue weighted by atomic mass is 127. The molecular formula is C37H31I2NO2P2S4. The smallest absolute Gasteiger partial charge is 0.166 e. The summed E-state index contributed by atoms with van der Waals surface area (Å²) < 4.78 is 25.6. The third-order valence-corrected chi connectivity index (χ3v) is 23.3. The number of benzene rings is 5. The van der Waals surface area contributed by atoms with Gasteiger partial charge in [0.15, 0.2) is 13.2 Å². The van der Waals surface area contributed by atoms with Crippen LogP contribution in [0.2, 0.25) is 0 Å². The normalized spacial score (nSPS) is 17.6. The van der Waals surface area contributed by atoms with E-state index in [2.05, 4.69) is 163 Å². The number of nitrogens with zero attached hydrogens (tertiary/aromatic N) is 1. The minimum Gasteiger partial charge on any atom is -0.332 e. The fraction of sp³-hybridized carbons (Fsp3) is 0.0811. The zero-order chi connectivity index (χ0) is 33.8. The Balaban J connectivity index is 1.29. The van der Waals surface area contributed by atoms with Gasteiger partial charge in [0.1, 0.15) is 0 Å². The van der Waals surface area contributed by atoms with Crippen LogP contribution in [0.4, 0.5) is 11.4 Å². The molecule has 0 saturated heterocycles. The van der Waals surface area contributed by atoms with Gasteiger partial charge in [-0.25, -0.2) is 0 Å². The topological polar surface area (TPSA) is 37.4 Å². The van der Waals surface area contributed by atoms with Gasteiger partial charge < -0.3 is 4.90 Å². The number of thiol groups is 2. The van der Waals surface area contributed by atoms with Crippen molar-refractivity contribution in [1.82, 2.24) is 0 Å². The second-order valence-electron chi connectivity index (χ2n) is 11.4. The van der Waals surface area contributed by atoms with E-state index >= 15 is 0 Å². The van der Waals surface area contributed by atoms with Gasteiger partial charge in [0, 0.05) is 22.0 Å². The fourth-order valence-electron chi connectivity index (χ4n) is 5.81. The van der Waals surface area contributed by atoms with Crippen LogP contribution in [0.25, 0.3) is 33.4 Å². The van der Waals surface area contributed by atoms with Gasteiger partial charge in [-0.1, -0.05) is 103 Å². The average Bonchev–Trinajstić information content (AvgIpc) is 3.12. The standard InChI is InChI=1S/C37H31I2NO2P2S4/c1-37(25-23-36(24-26-37)44(42)48(39)46)40(34-19-21-35(22-20-34)43(41)47(38)45)33-17-15-32(16-18-33)31-13-11-30(12-14-31)29-9-7-28(8-10-29)27-5-3-2-4-6-27/h2-25,47-48H,26H2,1H3. The quantitative estimate of drug-likeness (QED) is 0.0702. The SMILES string of the molecule is CC1(N(c2ccc(-c3ccc(-c4ccc(-c5ccccc5)cc4)cc3)cc2)c2ccc(P(=O)=[SH](=S)I)cc2)C=CC(P(=O)=[SH](=S)I)=CC1. The van der Waals surface area contributed by atoms with Crippen molar-refractivity contribution in [2.75, 3.05) is 4.90 Å².